The van der Waals surface area contributed by atoms with E-state index >= 15 is 0 Å². The maximum Gasteiger partial charge on any atom is 0.123 e. The Hall–Kier alpha value is -0.970. The summed E-state index contributed by atoms with van der Waals surface area (Å²) in [6.45, 7) is 5.52. The first-order valence-electron chi connectivity index (χ1n) is 7.40. The van der Waals surface area contributed by atoms with Gasteiger partial charge in [-0.15, -0.1) is 0 Å². The number of likely N-dealkylation sites (tertiary alicyclic amines) is 1. The van der Waals surface area contributed by atoms with E-state index in [-0.39, 0.29) is 17.9 Å². The van der Waals surface area contributed by atoms with Gasteiger partial charge in [-0.25, -0.2) is 4.39 Å². The fourth-order valence-electron chi connectivity index (χ4n) is 2.93. The molecule has 1 aliphatic heterocycles. The van der Waals surface area contributed by atoms with Gasteiger partial charge in [0.1, 0.15) is 5.82 Å². The number of rotatable bonds is 4. The molecule has 0 saturated carbocycles. The molecule has 1 heterocycles. The lowest BCUT2D eigenvalue weighted by atomic mass is 9.89. The van der Waals surface area contributed by atoms with Crippen LogP contribution in [-0.2, 0) is 0 Å². The van der Waals surface area contributed by atoms with Crippen molar-refractivity contribution in [1.82, 2.24) is 4.90 Å². The highest BCUT2D eigenvalue weighted by atomic mass is 19.1. The van der Waals surface area contributed by atoms with Gasteiger partial charge in [-0.1, -0.05) is 19.1 Å². The lowest BCUT2D eigenvalue weighted by molar-refractivity contribution is -0.0202. The lowest BCUT2D eigenvalue weighted by Gasteiger charge is -2.42. The van der Waals surface area contributed by atoms with Gasteiger partial charge in [0.2, 0.25) is 0 Å². The van der Waals surface area contributed by atoms with Crippen molar-refractivity contribution >= 4 is 0 Å². The summed E-state index contributed by atoms with van der Waals surface area (Å²) in [6, 6.07) is 6.70. The minimum absolute atomic E-state index is 0.0202. The monoisotopic (exact) mass is 280 g/mol. The van der Waals surface area contributed by atoms with E-state index in [9.17, 15) is 9.50 Å². The second kappa shape index (κ2) is 6.20. The Balaban J connectivity index is 2.21. The molecule has 0 radical (unpaired) electrons. The summed E-state index contributed by atoms with van der Waals surface area (Å²) < 4.78 is 13.5. The molecule has 3 N–H and O–H groups in total. The van der Waals surface area contributed by atoms with Crippen LogP contribution in [0, 0.1) is 5.82 Å². The molecule has 2 rings (SSSR count). The van der Waals surface area contributed by atoms with Crippen LogP contribution in [-0.4, -0.2) is 34.7 Å². The molecule has 0 aromatic heterocycles. The Bertz CT molecular complexity index is 440. The minimum Gasteiger partial charge on any atom is -0.390 e. The van der Waals surface area contributed by atoms with Crippen LogP contribution < -0.4 is 5.73 Å². The van der Waals surface area contributed by atoms with E-state index in [4.69, 9.17) is 5.73 Å². The molecule has 1 fully saturated rings. The first kappa shape index (κ1) is 15.4. The summed E-state index contributed by atoms with van der Waals surface area (Å²) in [4.78, 5) is 2.28. The van der Waals surface area contributed by atoms with Crippen LogP contribution in [0.4, 0.5) is 4.39 Å². The zero-order valence-electron chi connectivity index (χ0n) is 12.3. The van der Waals surface area contributed by atoms with Crippen molar-refractivity contribution in [3.63, 3.8) is 0 Å². The Kier molecular flexibility index (Phi) is 4.78. The topological polar surface area (TPSA) is 49.5 Å². The van der Waals surface area contributed by atoms with Crippen LogP contribution in [0.1, 0.15) is 44.7 Å². The molecule has 1 aromatic carbocycles. The summed E-state index contributed by atoms with van der Waals surface area (Å²) in [5.74, 6) is -0.222. The Morgan fingerprint density at radius 3 is 2.60 bits per heavy atom. The number of nitrogens with two attached hydrogens (primary N) is 1. The number of benzene rings is 1. The number of nitrogens with zero attached hydrogens (tertiary/aromatic N) is 1. The maximum atomic E-state index is 13.5. The Morgan fingerprint density at radius 2 is 2.05 bits per heavy atom. The average Bonchev–Trinajstić information content (AvgIpc) is 2.41. The van der Waals surface area contributed by atoms with Crippen LogP contribution >= 0.6 is 0 Å². The third-order valence-electron chi connectivity index (χ3n) is 4.34. The molecular weight excluding hydrogens is 255 g/mol. The maximum absolute atomic E-state index is 13.5. The molecule has 1 aliphatic rings. The summed E-state index contributed by atoms with van der Waals surface area (Å²) >= 11 is 0. The predicted octanol–water partition coefficient (Wildman–Crippen LogP) is 2.45. The van der Waals surface area contributed by atoms with Crippen molar-refractivity contribution in [2.45, 2.75) is 50.8 Å². The highest BCUT2D eigenvalue weighted by Gasteiger charge is 2.33. The zero-order chi connectivity index (χ0) is 14.8. The van der Waals surface area contributed by atoms with Gasteiger partial charge in [-0.2, -0.15) is 0 Å². The van der Waals surface area contributed by atoms with Crippen LogP contribution in [0.25, 0.3) is 0 Å². The third-order valence-corrected chi connectivity index (χ3v) is 4.34. The zero-order valence-corrected chi connectivity index (χ0v) is 12.3. The number of hydrogen-bond acceptors (Lipinski definition) is 3. The summed E-state index contributed by atoms with van der Waals surface area (Å²) in [5, 5.41) is 10.1. The van der Waals surface area contributed by atoms with Gasteiger partial charge in [0, 0.05) is 25.2 Å². The van der Waals surface area contributed by atoms with Crippen LogP contribution in [0.3, 0.4) is 0 Å². The first-order valence-corrected chi connectivity index (χ1v) is 7.40. The van der Waals surface area contributed by atoms with Crippen molar-refractivity contribution in [3.8, 4) is 0 Å². The van der Waals surface area contributed by atoms with Gasteiger partial charge >= 0.3 is 0 Å². The van der Waals surface area contributed by atoms with E-state index in [1.807, 2.05) is 13.0 Å². The Morgan fingerprint density at radius 1 is 1.40 bits per heavy atom. The smallest absolute Gasteiger partial charge is 0.123 e. The van der Waals surface area contributed by atoms with E-state index < -0.39 is 5.60 Å². The van der Waals surface area contributed by atoms with Crippen LogP contribution in [0.5, 0.6) is 0 Å². The minimum atomic E-state index is -0.584. The largest absolute Gasteiger partial charge is 0.390 e. The second-order valence-electron chi connectivity index (χ2n) is 6.10. The molecular formula is C16H25FN2O. The van der Waals surface area contributed by atoms with Gasteiger partial charge in [-0.05, 0) is 43.9 Å². The van der Waals surface area contributed by atoms with Gasteiger partial charge < -0.3 is 10.8 Å². The SMILES string of the molecule is CCC(N)C(c1cccc(F)c1)N1CCC(C)(O)CC1. The van der Waals surface area contributed by atoms with Gasteiger partial charge in [0.05, 0.1) is 5.60 Å². The Labute approximate surface area is 120 Å². The summed E-state index contributed by atoms with van der Waals surface area (Å²) in [5.41, 5.74) is 6.62. The van der Waals surface area contributed by atoms with Crippen LogP contribution in [0.2, 0.25) is 0 Å². The van der Waals surface area contributed by atoms with Crippen molar-refractivity contribution in [1.29, 1.82) is 0 Å². The summed E-state index contributed by atoms with van der Waals surface area (Å²) in [6.07, 6.45) is 2.30. The normalized spacial score (nSPS) is 22.4. The molecule has 112 valence electrons. The van der Waals surface area contributed by atoms with Crippen LogP contribution in [0.15, 0.2) is 24.3 Å². The molecule has 4 heteroatoms. The average molecular weight is 280 g/mol. The van der Waals surface area contributed by atoms with Gasteiger partial charge in [0.25, 0.3) is 0 Å². The number of piperidine rings is 1. The van der Waals surface area contributed by atoms with E-state index in [2.05, 4.69) is 11.8 Å². The molecule has 2 unspecified atom stereocenters. The number of aliphatic hydroxyl groups is 1. The molecule has 20 heavy (non-hydrogen) atoms. The molecule has 1 aromatic rings. The van der Waals surface area contributed by atoms with Crippen molar-refractivity contribution in [2.75, 3.05) is 13.1 Å². The van der Waals surface area contributed by atoms with Gasteiger partial charge in [0.15, 0.2) is 0 Å². The van der Waals surface area contributed by atoms with E-state index in [0.29, 0.717) is 0 Å². The lowest BCUT2D eigenvalue weighted by Crippen LogP contribution is -2.48. The standard InChI is InChI=1S/C16H25FN2O/c1-3-14(18)15(12-5-4-6-13(17)11-12)19-9-7-16(2,20)8-10-19/h4-6,11,14-15,20H,3,7-10,18H2,1-2H3. The van der Waals surface area contributed by atoms with Crippen molar-refractivity contribution in [3.05, 3.63) is 35.6 Å². The van der Waals surface area contributed by atoms with Crippen molar-refractivity contribution < 1.29 is 9.50 Å². The molecule has 1 saturated heterocycles. The van der Waals surface area contributed by atoms with Crippen molar-refractivity contribution in [2.24, 2.45) is 5.73 Å². The molecule has 0 spiro atoms. The van der Waals surface area contributed by atoms with E-state index in [0.717, 1.165) is 37.9 Å². The number of hydrogen-bond donors (Lipinski definition) is 2. The molecule has 3 nitrogen and oxygen atoms in total. The molecule has 0 aliphatic carbocycles. The molecule has 2 atom stereocenters. The highest BCUT2D eigenvalue weighted by Crippen LogP contribution is 2.31. The predicted molar refractivity (Wildman–Crippen MR) is 78.8 cm³/mol. The molecule has 0 bridgehead atoms. The fourth-order valence-corrected chi connectivity index (χ4v) is 2.93. The molecule has 0 amide bonds. The van der Waals surface area contributed by atoms with E-state index in [1.54, 1.807) is 12.1 Å². The third kappa shape index (κ3) is 3.57. The second-order valence-corrected chi connectivity index (χ2v) is 6.10. The fraction of sp³-hybridized carbons (Fsp3) is 0.625. The quantitative estimate of drug-likeness (QED) is 0.890. The van der Waals surface area contributed by atoms with E-state index in [1.165, 1.54) is 6.07 Å². The van der Waals surface area contributed by atoms with Gasteiger partial charge in [-0.3, -0.25) is 4.90 Å². The summed E-state index contributed by atoms with van der Waals surface area (Å²) in [7, 11) is 0. The number of halogens is 1. The highest BCUT2D eigenvalue weighted by molar-refractivity contribution is 5.22. The first-order chi connectivity index (χ1) is 9.43.